The molecule has 9 rings (SSSR count). The number of rotatable bonds is 0. The highest BCUT2D eigenvalue weighted by atomic mass is 16.1. The number of aromatic amines is 1. The van der Waals surface area contributed by atoms with E-state index in [2.05, 4.69) is 54.4 Å². The van der Waals surface area contributed by atoms with E-state index < -0.39 is 0 Å². The number of nitrogens with one attached hydrogen (secondary N) is 1. The molecule has 0 saturated heterocycles. The van der Waals surface area contributed by atoms with Crippen molar-refractivity contribution in [2.24, 2.45) is 22.7 Å². The van der Waals surface area contributed by atoms with Crippen LogP contribution in [-0.2, 0) is 22.4 Å². The lowest BCUT2D eigenvalue weighted by Gasteiger charge is -2.31. The number of hydrogen-bond acceptors (Lipinski definition) is 4. The maximum absolute atomic E-state index is 12.5. The third-order valence-electron chi connectivity index (χ3n) is 11.4. The summed E-state index contributed by atoms with van der Waals surface area (Å²) in [6, 6.07) is 8.84. The van der Waals surface area contributed by atoms with Crippen LogP contribution in [0.15, 0.2) is 35.4 Å². The number of carbonyl (C=O) groups is 2. The van der Waals surface area contributed by atoms with Gasteiger partial charge in [0.1, 0.15) is 11.0 Å². The second-order valence-electron chi connectivity index (χ2n) is 13.4. The van der Waals surface area contributed by atoms with Gasteiger partial charge < -0.3 is 0 Å². The molecule has 6 aliphatic rings. The zero-order valence-corrected chi connectivity index (χ0v) is 23.3. The maximum atomic E-state index is 12.5. The minimum atomic E-state index is 0.207. The predicted molar refractivity (Wildman–Crippen MR) is 152 cm³/mol. The summed E-state index contributed by atoms with van der Waals surface area (Å²) in [7, 11) is 0. The number of ketones is 2. The number of carbonyl (C=O) groups excluding carboxylic acids is 2. The van der Waals surface area contributed by atoms with E-state index in [4.69, 9.17) is 0 Å². The Bertz CT molecular complexity index is 1720. The van der Waals surface area contributed by atoms with Gasteiger partial charge in [-0.15, -0.1) is 0 Å². The van der Waals surface area contributed by atoms with Crippen molar-refractivity contribution < 1.29 is 9.59 Å². The van der Waals surface area contributed by atoms with Crippen molar-refractivity contribution in [2.45, 2.75) is 79.1 Å². The highest BCUT2D eigenvalue weighted by Crippen LogP contribution is 2.63. The van der Waals surface area contributed by atoms with Crippen LogP contribution in [0.4, 0.5) is 0 Å². The van der Waals surface area contributed by atoms with E-state index in [0.29, 0.717) is 22.9 Å². The molecule has 198 valence electrons. The lowest BCUT2D eigenvalue weighted by molar-refractivity contribution is -0.120. The molecule has 5 heteroatoms. The molecule has 3 aromatic rings. The van der Waals surface area contributed by atoms with Gasteiger partial charge in [0.15, 0.2) is 11.6 Å². The molecule has 4 bridgehead atoms. The highest BCUT2D eigenvalue weighted by Gasteiger charge is 2.54. The van der Waals surface area contributed by atoms with E-state index in [1.54, 1.807) is 0 Å². The van der Waals surface area contributed by atoms with Crippen molar-refractivity contribution >= 4 is 33.7 Å². The van der Waals surface area contributed by atoms with Gasteiger partial charge in [-0.1, -0.05) is 18.2 Å². The fraction of sp³-hybridized carbons (Fsp3) is 0.471. The number of fused-ring (bicyclic) bond motifs is 8. The number of hydrogen-bond donors (Lipinski definition) is 1. The van der Waals surface area contributed by atoms with Crippen LogP contribution in [0, 0.1) is 36.5 Å². The van der Waals surface area contributed by atoms with Crippen molar-refractivity contribution in [2.75, 3.05) is 0 Å². The van der Waals surface area contributed by atoms with E-state index in [1.165, 1.54) is 57.4 Å². The average Bonchev–Trinajstić information content (AvgIpc) is 3.72. The standard InChI is InChI=1S/C18H20O.C16H15N3O/c1-10-6-14-9-18-5-4-13(8-18)17(19)12(3)16(18)15(14)7-11(10)2;1-8-13-10-2-3-12-14(18-19-17-12)11(10)7-16(13)5-4-9(6-16)15(8)20/h6-7,13H,4-5,8-9H2,1-3H3;2-3,9H,4-7H2,1H3,(H,17,18,19). The molecule has 0 amide bonds. The lowest BCUT2D eigenvalue weighted by atomic mass is 9.71. The van der Waals surface area contributed by atoms with Gasteiger partial charge in [0, 0.05) is 22.7 Å². The summed E-state index contributed by atoms with van der Waals surface area (Å²) in [5.41, 5.74) is 15.4. The summed E-state index contributed by atoms with van der Waals surface area (Å²) in [5.74, 6) is 1.39. The van der Waals surface area contributed by atoms with Crippen LogP contribution in [-0.4, -0.2) is 27.0 Å². The van der Waals surface area contributed by atoms with Gasteiger partial charge in [-0.2, -0.15) is 15.4 Å². The molecule has 2 aromatic carbocycles. The van der Waals surface area contributed by atoms with Crippen LogP contribution in [0.2, 0.25) is 0 Å². The summed E-state index contributed by atoms with van der Waals surface area (Å²) >= 11 is 0. The second-order valence-corrected chi connectivity index (χ2v) is 13.4. The summed E-state index contributed by atoms with van der Waals surface area (Å²) in [5, 5.41) is 11.2. The van der Waals surface area contributed by atoms with Crippen LogP contribution in [0.25, 0.3) is 22.2 Å². The minimum absolute atomic E-state index is 0.207. The van der Waals surface area contributed by atoms with Gasteiger partial charge in [-0.05, 0) is 141 Å². The fourth-order valence-electron chi connectivity index (χ4n) is 9.62. The summed E-state index contributed by atoms with van der Waals surface area (Å²) in [4.78, 5) is 24.9. The van der Waals surface area contributed by atoms with Gasteiger partial charge in [0.2, 0.25) is 0 Å². The third-order valence-corrected chi connectivity index (χ3v) is 11.4. The molecule has 1 aromatic heterocycles. The Kier molecular flexibility index (Phi) is 4.62. The molecule has 1 N–H and O–H groups in total. The number of nitrogens with zero attached hydrogens (tertiary/aromatic N) is 2. The molecule has 4 unspecified atom stereocenters. The number of aromatic nitrogens is 3. The molecule has 5 nitrogen and oxygen atoms in total. The molecular formula is C34H35N3O2. The van der Waals surface area contributed by atoms with Crippen molar-refractivity contribution in [3.63, 3.8) is 0 Å². The largest absolute Gasteiger partial charge is 0.294 e. The second kappa shape index (κ2) is 7.65. The molecule has 6 aliphatic carbocycles. The maximum Gasteiger partial charge on any atom is 0.161 e. The Morgan fingerprint density at radius 1 is 0.769 bits per heavy atom. The molecule has 4 atom stereocenters. The third kappa shape index (κ3) is 2.97. The normalized spacial score (nSPS) is 31.4. The molecule has 39 heavy (non-hydrogen) atoms. The first-order valence-electron chi connectivity index (χ1n) is 14.7. The van der Waals surface area contributed by atoms with Gasteiger partial charge in [0.05, 0.1) is 0 Å². The summed E-state index contributed by atoms with van der Waals surface area (Å²) in [6.45, 7) is 8.46. The van der Waals surface area contributed by atoms with Gasteiger partial charge in [0.25, 0.3) is 0 Å². The lowest BCUT2D eigenvalue weighted by Crippen LogP contribution is -2.26. The van der Waals surface area contributed by atoms with E-state index in [-0.39, 0.29) is 11.3 Å². The quantitative estimate of drug-likeness (QED) is 0.362. The van der Waals surface area contributed by atoms with Crippen LogP contribution >= 0.6 is 0 Å². The SMILES string of the molecule is CC1=C2c3cc(C)c(C)cc3CC23CCC(C3)C1=O.CC1=C2c3ccc4n[nH]nc4c3CC23CCC(C3)C1=O. The summed E-state index contributed by atoms with van der Waals surface area (Å²) < 4.78 is 0. The smallest absolute Gasteiger partial charge is 0.161 e. The van der Waals surface area contributed by atoms with E-state index in [9.17, 15) is 9.59 Å². The predicted octanol–water partition coefficient (Wildman–Crippen LogP) is 6.66. The molecular weight excluding hydrogens is 482 g/mol. The van der Waals surface area contributed by atoms with Gasteiger partial charge >= 0.3 is 0 Å². The van der Waals surface area contributed by atoms with Crippen molar-refractivity contribution in [1.82, 2.24) is 15.4 Å². The van der Waals surface area contributed by atoms with Crippen LogP contribution in [0.1, 0.15) is 85.8 Å². The highest BCUT2D eigenvalue weighted by molar-refractivity contribution is 6.09. The number of aryl methyl sites for hydroxylation is 2. The van der Waals surface area contributed by atoms with E-state index >= 15 is 0 Å². The molecule has 2 spiro atoms. The van der Waals surface area contributed by atoms with Crippen LogP contribution in [0.3, 0.4) is 0 Å². The molecule has 2 saturated carbocycles. The monoisotopic (exact) mass is 517 g/mol. The zero-order valence-electron chi connectivity index (χ0n) is 23.3. The molecule has 1 heterocycles. The van der Waals surface area contributed by atoms with Gasteiger partial charge in [-0.3, -0.25) is 9.59 Å². The van der Waals surface area contributed by atoms with Gasteiger partial charge in [-0.25, -0.2) is 0 Å². The number of H-pyrrole nitrogens is 1. The van der Waals surface area contributed by atoms with Crippen molar-refractivity contribution in [3.05, 3.63) is 68.8 Å². The van der Waals surface area contributed by atoms with E-state index in [0.717, 1.165) is 60.7 Å². The van der Waals surface area contributed by atoms with E-state index in [1.807, 2.05) is 13.0 Å². The topological polar surface area (TPSA) is 75.7 Å². The Balaban J connectivity index is 0.000000121. The average molecular weight is 518 g/mol. The summed E-state index contributed by atoms with van der Waals surface area (Å²) in [6.07, 6.45) is 8.84. The Labute approximate surface area is 229 Å². The molecule has 2 fully saturated rings. The number of allylic oxidation sites excluding steroid dienone is 4. The van der Waals surface area contributed by atoms with Crippen molar-refractivity contribution in [1.29, 1.82) is 0 Å². The fourth-order valence-corrected chi connectivity index (χ4v) is 9.62. The Hall–Kier alpha value is -3.34. The molecule has 0 aliphatic heterocycles. The van der Waals surface area contributed by atoms with Crippen molar-refractivity contribution in [3.8, 4) is 0 Å². The first-order chi connectivity index (χ1) is 18.7. The minimum Gasteiger partial charge on any atom is -0.294 e. The van der Waals surface area contributed by atoms with Crippen LogP contribution < -0.4 is 0 Å². The Morgan fingerprint density at radius 3 is 2.08 bits per heavy atom. The Morgan fingerprint density at radius 2 is 1.38 bits per heavy atom. The number of benzene rings is 2. The van der Waals surface area contributed by atoms with Crippen LogP contribution in [0.5, 0.6) is 0 Å². The molecule has 0 radical (unpaired) electrons. The number of Topliss-reactive ketones (excluding diaryl/α,β-unsaturated/α-hetero) is 2. The first-order valence-corrected chi connectivity index (χ1v) is 14.7. The first kappa shape index (κ1) is 23.5. The zero-order chi connectivity index (χ0) is 26.8.